The Kier molecular flexibility index (Phi) is 4.68. The van der Waals surface area contributed by atoms with Gasteiger partial charge in [-0.2, -0.15) is 0 Å². The molecule has 1 aromatic carbocycles. The number of halogens is 3. The first-order valence-electron chi connectivity index (χ1n) is 5.19. The van der Waals surface area contributed by atoms with Gasteiger partial charge < -0.3 is 16.2 Å². The highest BCUT2D eigenvalue weighted by Gasteiger charge is 2.25. The van der Waals surface area contributed by atoms with E-state index in [-0.39, 0.29) is 0 Å². The molecule has 0 bridgehead atoms. The summed E-state index contributed by atoms with van der Waals surface area (Å²) in [6, 6.07) is -0.545. The summed E-state index contributed by atoms with van der Waals surface area (Å²) < 4.78 is 38.9. The Bertz CT molecular complexity index is 577. The molecule has 6 nitrogen and oxygen atoms in total. The van der Waals surface area contributed by atoms with Crippen LogP contribution in [0.2, 0.25) is 0 Å². The maximum atomic E-state index is 13.3. The lowest BCUT2D eigenvalue weighted by molar-refractivity contribution is -0.140. The number of hydrogen-bond donors (Lipinski definition) is 3. The Morgan fingerprint density at radius 2 is 1.80 bits per heavy atom. The fraction of sp³-hybridized carbons (Fsp3) is 0.182. The largest absolute Gasteiger partial charge is 0.480 e. The van der Waals surface area contributed by atoms with E-state index in [2.05, 4.69) is 0 Å². The highest BCUT2D eigenvalue weighted by molar-refractivity contribution is 5.97. The number of amides is 2. The predicted octanol–water partition coefficient (Wildman–Crippen LogP) is 0.162. The summed E-state index contributed by atoms with van der Waals surface area (Å²) in [7, 11) is 0. The molecule has 1 aromatic rings. The maximum Gasteiger partial charge on any atom is 0.326 e. The highest BCUT2D eigenvalue weighted by Crippen LogP contribution is 2.15. The van der Waals surface area contributed by atoms with Gasteiger partial charge in [0, 0.05) is 0 Å². The first-order valence-corrected chi connectivity index (χ1v) is 5.19. The van der Waals surface area contributed by atoms with Crippen LogP contribution in [0.15, 0.2) is 12.1 Å². The van der Waals surface area contributed by atoms with Gasteiger partial charge in [0.2, 0.25) is 5.91 Å². The number of aliphatic carboxylic acids is 1. The highest BCUT2D eigenvalue weighted by atomic mass is 19.2. The molecule has 2 amide bonds. The lowest BCUT2D eigenvalue weighted by Crippen LogP contribution is -2.43. The summed E-state index contributed by atoms with van der Waals surface area (Å²) in [5.74, 6) is -9.02. The van der Waals surface area contributed by atoms with Crippen molar-refractivity contribution in [3.05, 3.63) is 35.1 Å². The smallest absolute Gasteiger partial charge is 0.326 e. The second kappa shape index (κ2) is 6.04. The molecule has 0 saturated carbocycles. The number of rotatable bonds is 5. The van der Waals surface area contributed by atoms with Gasteiger partial charge in [-0.15, -0.1) is 0 Å². The van der Waals surface area contributed by atoms with E-state index in [1.54, 1.807) is 5.32 Å². The second-order valence-corrected chi connectivity index (χ2v) is 3.76. The zero-order valence-corrected chi connectivity index (χ0v) is 9.82. The molecule has 0 aliphatic heterocycles. The van der Waals surface area contributed by atoms with Crippen LogP contribution in [0.25, 0.3) is 0 Å². The van der Waals surface area contributed by atoms with Crippen LogP contribution in [-0.4, -0.2) is 28.9 Å². The molecule has 0 saturated heterocycles. The number of carbonyl (C=O) groups excluding carboxylic acids is 2. The molecule has 9 heteroatoms. The first-order chi connectivity index (χ1) is 9.23. The van der Waals surface area contributed by atoms with Gasteiger partial charge in [-0.05, 0) is 12.1 Å². The van der Waals surface area contributed by atoms with E-state index in [9.17, 15) is 27.6 Å². The predicted molar refractivity (Wildman–Crippen MR) is 59.0 cm³/mol. The standard InChI is InChI=1S/C11H9F3N2O4/c12-5-2-1-4(8(13)9(5)14)10(18)16-6(11(19)20)3-7(15)17/h1-2,6H,3H2,(H2,15,17)(H,16,18)(H,19,20)/t6-/m0/s1. The summed E-state index contributed by atoms with van der Waals surface area (Å²) in [4.78, 5) is 32.9. The molecule has 0 heterocycles. The van der Waals surface area contributed by atoms with Gasteiger partial charge in [0.25, 0.3) is 5.91 Å². The number of carboxylic acid groups (broad SMARTS) is 1. The van der Waals surface area contributed by atoms with E-state index in [0.717, 1.165) is 0 Å². The Morgan fingerprint density at radius 1 is 1.20 bits per heavy atom. The molecule has 1 rings (SSSR count). The van der Waals surface area contributed by atoms with E-state index in [0.29, 0.717) is 12.1 Å². The summed E-state index contributed by atoms with van der Waals surface area (Å²) >= 11 is 0. The van der Waals surface area contributed by atoms with Crippen LogP contribution in [0.1, 0.15) is 16.8 Å². The fourth-order valence-corrected chi connectivity index (χ4v) is 1.34. The topological polar surface area (TPSA) is 109 Å². The molecule has 0 aromatic heterocycles. The first kappa shape index (κ1) is 15.5. The molecule has 0 unspecified atom stereocenters. The molecule has 0 aliphatic rings. The van der Waals surface area contributed by atoms with Crippen molar-refractivity contribution in [2.45, 2.75) is 12.5 Å². The van der Waals surface area contributed by atoms with E-state index in [1.807, 2.05) is 0 Å². The van der Waals surface area contributed by atoms with Crippen molar-refractivity contribution in [2.75, 3.05) is 0 Å². The summed E-state index contributed by atoms with van der Waals surface area (Å²) in [6.45, 7) is 0. The van der Waals surface area contributed by atoms with E-state index >= 15 is 0 Å². The Balaban J connectivity index is 2.98. The SMILES string of the molecule is NC(=O)C[C@H](NC(=O)c1ccc(F)c(F)c1F)C(=O)O. The third-order valence-corrected chi connectivity index (χ3v) is 2.29. The lowest BCUT2D eigenvalue weighted by atomic mass is 10.1. The average molecular weight is 290 g/mol. The number of nitrogens with two attached hydrogens (primary N) is 1. The van der Waals surface area contributed by atoms with Crippen LogP contribution in [0.3, 0.4) is 0 Å². The van der Waals surface area contributed by atoms with Gasteiger partial charge in [0.1, 0.15) is 6.04 Å². The number of primary amides is 1. The van der Waals surface area contributed by atoms with Gasteiger partial charge in [0.05, 0.1) is 12.0 Å². The van der Waals surface area contributed by atoms with Gasteiger partial charge in [-0.25, -0.2) is 18.0 Å². The Labute approximate surface area is 110 Å². The number of carboxylic acids is 1. The Hall–Kier alpha value is -2.58. The molecule has 0 aliphatic carbocycles. The van der Waals surface area contributed by atoms with Crippen molar-refractivity contribution in [1.82, 2.24) is 5.32 Å². The normalized spacial score (nSPS) is 11.8. The molecular weight excluding hydrogens is 281 g/mol. The maximum absolute atomic E-state index is 13.3. The lowest BCUT2D eigenvalue weighted by Gasteiger charge is -2.13. The number of carbonyl (C=O) groups is 3. The van der Waals surface area contributed by atoms with E-state index in [1.165, 1.54) is 0 Å². The molecular formula is C11H9F3N2O4. The van der Waals surface area contributed by atoms with Gasteiger partial charge in [0.15, 0.2) is 17.5 Å². The summed E-state index contributed by atoms with van der Waals surface area (Å²) in [5, 5.41) is 10.5. The molecule has 20 heavy (non-hydrogen) atoms. The quantitative estimate of drug-likeness (QED) is 0.671. The third-order valence-electron chi connectivity index (χ3n) is 2.29. The van der Waals surface area contributed by atoms with Crippen molar-refractivity contribution < 1.29 is 32.7 Å². The minimum atomic E-state index is -1.86. The van der Waals surface area contributed by atoms with Gasteiger partial charge in [-0.1, -0.05) is 0 Å². The van der Waals surface area contributed by atoms with E-state index < -0.39 is 53.3 Å². The van der Waals surface area contributed by atoms with E-state index in [4.69, 9.17) is 10.8 Å². The number of nitrogens with one attached hydrogen (secondary N) is 1. The zero-order chi connectivity index (χ0) is 15.4. The number of benzene rings is 1. The van der Waals surface area contributed by atoms with Crippen molar-refractivity contribution in [3.8, 4) is 0 Å². The van der Waals surface area contributed by atoms with Crippen LogP contribution in [0.5, 0.6) is 0 Å². The van der Waals surface area contributed by atoms with Crippen LogP contribution in [0.4, 0.5) is 13.2 Å². The Morgan fingerprint density at radius 3 is 2.30 bits per heavy atom. The van der Waals surface area contributed by atoms with Crippen molar-refractivity contribution >= 4 is 17.8 Å². The van der Waals surface area contributed by atoms with Gasteiger partial charge in [-0.3, -0.25) is 9.59 Å². The third kappa shape index (κ3) is 3.46. The second-order valence-electron chi connectivity index (χ2n) is 3.76. The summed E-state index contributed by atoms with van der Waals surface area (Å²) in [6.07, 6.45) is -0.730. The monoisotopic (exact) mass is 290 g/mol. The van der Waals surface area contributed by atoms with Crippen LogP contribution >= 0.6 is 0 Å². The number of hydrogen-bond acceptors (Lipinski definition) is 3. The summed E-state index contributed by atoms with van der Waals surface area (Å²) in [5.41, 5.74) is 3.89. The molecule has 1 atom stereocenters. The average Bonchev–Trinajstić information content (AvgIpc) is 2.34. The molecule has 108 valence electrons. The van der Waals surface area contributed by atoms with Gasteiger partial charge >= 0.3 is 5.97 Å². The van der Waals surface area contributed by atoms with Crippen LogP contribution < -0.4 is 11.1 Å². The molecule has 0 fully saturated rings. The molecule has 4 N–H and O–H groups in total. The van der Waals surface area contributed by atoms with Crippen molar-refractivity contribution in [2.24, 2.45) is 5.73 Å². The van der Waals surface area contributed by atoms with Crippen LogP contribution in [0, 0.1) is 17.5 Å². The van der Waals surface area contributed by atoms with Crippen molar-refractivity contribution in [3.63, 3.8) is 0 Å². The van der Waals surface area contributed by atoms with Crippen molar-refractivity contribution in [1.29, 1.82) is 0 Å². The minimum absolute atomic E-state index is 0.511. The molecule has 0 radical (unpaired) electrons. The molecule has 0 spiro atoms. The van der Waals surface area contributed by atoms with Crippen LogP contribution in [-0.2, 0) is 9.59 Å². The fourth-order valence-electron chi connectivity index (χ4n) is 1.34. The minimum Gasteiger partial charge on any atom is -0.480 e. The zero-order valence-electron chi connectivity index (χ0n) is 9.82.